The Morgan fingerprint density at radius 1 is 1.63 bits per heavy atom. The Morgan fingerprint density at radius 2 is 2.37 bits per heavy atom. The van der Waals surface area contributed by atoms with Crippen molar-refractivity contribution in [2.75, 3.05) is 12.3 Å². The molecule has 4 nitrogen and oxygen atoms in total. The Kier molecular flexibility index (Phi) is 6.82. The highest BCUT2D eigenvalue weighted by molar-refractivity contribution is 8.00. The topological polar surface area (TPSA) is 62.2 Å². The van der Waals surface area contributed by atoms with Gasteiger partial charge in [0.2, 0.25) is 0 Å². The second kappa shape index (κ2) is 7.87. The number of hydrogen-bond donors (Lipinski definition) is 2. The number of rotatable bonds is 9. The molecule has 0 radical (unpaired) electrons. The summed E-state index contributed by atoms with van der Waals surface area (Å²) in [4.78, 5) is 15.7. The Bertz CT molecular complexity index is 409. The lowest BCUT2D eigenvalue weighted by atomic mass is 9.96. The first kappa shape index (κ1) is 16.5. The highest BCUT2D eigenvalue weighted by Gasteiger charge is 2.31. The maximum Gasteiger partial charge on any atom is 0.323 e. The van der Waals surface area contributed by atoms with Crippen molar-refractivity contribution in [3.8, 4) is 0 Å². The molecule has 108 valence electrons. The number of thiazole rings is 1. The molecule has 0 aliphatic heterocycles. The molecule has 2 N–H and O–H groups in total. The molecule has 0 saturated carbocycles. The minimum atomic E-state index is -0.810. The molecule has 0 bridgehead atoms. The summed E-state index contributed by atoms with van der Waals surface area (Å²) < 4.78 is 1.07. The number of carboxylic acid groups (broad SMARTS) is 1. The van der Waals surface area contributed by atoms with Crippen LogP contribution in [0.4, 0.5) is 0 Å². The van der Waals surface area contributed by atoms with Gasteiger partial charge in [0.15, 0.2) is 0 Å². The lowest BCUT2D eigenvalue weighted by molar-refractivity contribution is -0.144. The predicted molar refractivity (Wildman–Crippen MR) is 81.1 cm³/mol. The SMILES string of the molecule is CCCNC(C)(CCCSc1nc(C)cs1)C(=O)O. The zero-order chi connectivity index (χ0) is 14.3. The van der Waals surface area contributed by atoms with Crippen LogP contribution in [-0.2, 0) is 4.79 Å². The van der Waals surface area contributed by atoms with E-state index in [0.29, 0.717) is 6.42 Å². The standard InChI is InChI=1S/C13H22N2O2S2/c1-4-7-14-13(3,11(16)17)6-5-8-18-12-15-10(2)9-19-12/h9,14H,4-8H2,1-3H3,(H,16,17). The normalized spacial score (nSPS) is 14.3. The molecular weight excluding hydrogens is 280 g/mol. The Morgan fingerprint density at radius 3 is 2.89 bits per heavy atom. The Labute approximate surface area is 123 Å². The summed E-state index contributed by atoms with van der Waals surface area (Å²) >= 11 is 3.35. The number of thioether (sulfide) groups is 1. The van der Waals surface area contributed by atoms with Gasteiger partial charge in [0.1, 0.15) is 9.88 Å². The average molecular weight is 302 g/mol. The van der Waals surface area contributed by atoms with E-state index < -0.39 is 11.5 Å². The van der Waals surface area contributed by atoms with E-state index in [1.165, 1.54) is 0 Å². The van der Waals surface area contributed by atoms with Crippen molar-refractivity contribution in [3.63, 3.8) is 0 Å². The third-order valence-corrected chi connectivity index (χ3v) is 5.11. The number of hydrogen-bond acceptors (Lipinski definition) is 5. The molecule has 0 saturated heterocycles. The second-order valence-electron chi connectivity index (χ2n) is 4.77. The third-order valence-electron chi connectivity index (χ3n) is 2.88. The fourth-order valence-electron chi connectivity index (χ4n) is 1.66. The maximum absolute atomic E-state index is 11.3. The van der Waals surface area contributed by atoms with Gasteiger partial charge in [-0.05, 0) is 39.7 Å². The van der Waals surface area contributed by atoms with Crippen LogP contribution in [0, 0.1) is 6.92 Å². The first-order chi connectivity index (χ1) is 8.98. The monoisotopic (exact) mass is 302 g/mol. The van der Waals surface area contributed by atoms with E-state index in [1.54, 1.807) is 30.0 Å². The van der Waals surface area contributed by atoms with Crippen molar-refractivity contribution in [2.45, 2.75) is 49.9 Å². The van der Waals surface area contributed by atoms with Gasteiger partial charge in [-0.2, -0.15) is 0 Å². The summed E-state index contributed by atoms with van der Waals surface area (Å²) in [5.74, 6) is 0.139. The summed E-state index contributed by atoms with van der Waals surface area (Å²) in [5, 5.41) is 14.5. The van der Waals surface area contributed by atoms with Crippen molar-refractivity contribution in [1.82, 2.24) is 10.3 Å². The second-order valence-corrected chi connectivity index (χ2v) is 6.97. The van der Waals surface area contributed by atoms with Crippen LogP contribution in [0.3, 0.4) is 0 Å². The minimum Gasteiger partial charge on any atom is -0.480 e. The molecule has 1 aromatic heterocycles. The third kappa shape index (κ3) is 5.50. The molecular formula is C13H22N2O2S2. The zero-order valence-corrected chi connectivity index (χ0v) is 13.4. The van der Waals surface area contributed by atoms with Gasteiger partial charge in [-0.15, -0.1) is 11.3 Å². The zero-order valence-electron chi connectivity index (χ0n) is 11.7. The molecule has 19 heavy (non-hydrogen) atoms. The molecule has 1 atom stereocenters. The number of carboxylic acids is 1. The average Bonchev–Trinajstić information content (AvgIpc) is 2.78. The van der Waals surface area contributed by atoms with Crippen LogP contribution in [0.15, 0.2) is 9.72 Å². The van der Waals surface area contributed by atoms with Gasteiger partial charge in [0, 0.05) is 16.8 Å². The number of nitrogens with zero attached hydrogens (tertiary/aromatic N) is 1. The molecule has 6 heteroatoms. The van der Waals surface area contributed by atoms with E-state index in [4.69, 9.17) is 0 Å². The fourth-order valence-corrected chi connectivity index (χ4v) is 3.51. The summed E-state index contributed by atoms with van der Waals surface area (Å²) in [5.41, 5.74) is 0.238. The fraction of sp³-hybridized carbons (Fsp3) is 0.692. The van der Waals surface area contributed by atoms with Crippen molar-refractivity contribution in [1.29, 1.82) is 0 Å². The molecule has 0 spiro atoms. The molecule has 0 fully saturated rings. The number of carbonyl (C=O) groups is 1. The molecule has 0 amide bonds. The van der Waals surface area contributed by atoms with E-state index in [2.05, 4.69) is 10.3 Å². The van der Waals surface area contributed by atoms with Gasteiger partial charge >= 0.3 is 5.97 Å². The van der Waals surface area contributed by atoms with Crippen LogP contribution in [0.1, 0.15) is 38.8 Å². The van der Waals surface area contributed by atoms with Crippen LogP contribution < -0.4 is 5.32 Å². The van der Waals surface area contributed by atoms with Gasteiger partial charge in [-0.1, -0.05) is 18.7 Å². The molecule has 1 rings (SSSR count). The number of nitrogens with one attached hydrogen (secondary N) is 1. The molecule has 1 unspecified atom stereocenters. The first-order valence-corrected chi connectivity index (χ1v) is 8.38. The van der Waals surface area contributed by atoms with Crippen molar-refractivity contribution in [2.24, 2.45) is 0 Å². The molecule has 1 aromatic rings. The summed E-state index contributed by atoms with van der Waals surface area (Å²) in [6.07, 6.45) is 2.44. The van der Waals surface area contributed by atoms with Gasteiger partial charge in [-0.3, -0.25) is 4.79 Å². The number of aryl methyl sites for hydroxylation is 1. The summed E-state index contributed by atoms with van der Waals surface area (Å²) in [6, 6.07) is 0. The van der Waals surface area contributed by atoms with Crippen LogP contribution in [0.5, 0.6) is 0 Å². The predicted octanol–water partition coefficient (Wildman–Crippen LogP) is 3.17. The highest BCUT2D eigenvalue weighted by atomic mass is 32.2. The van der Waals surface area contributed by atoms with Gasteiger partial charge in [-0.25, -0.2) is 4.98 Å². The maximum atomic E-state index is 11.3. The van der Waals surface area contributed by atoms with E-state index in [9.17, 15) is 9.90 Å². The number of aromatic nitrogens is 1. The van der Waals surface area contributed by atoms with E-state index in [0.717, 1.165) is 35.2 Å². The van der Waals surface area contributed by atoms with Crippen LogP contribution >= 0.6 is 23.1 Å². The quantitative estimate of drug-likeness (QED) is 0.542. The summed E-state index contributed by atoms with van der Waals surface area (Å²) in [7, 11) is 0. The van der Waals surface area contributed by atoms with Crippen molar-refractivity contribution in [3.05, 3.63) is 11.1 Å². The van der Waals surface area contributed by atoms with Gasteiger partial charge < -0.3 is 10.4 Å². The van der Waals surface area contributed by atoms with Crippen molar-refractivity contribution >= 4 is 29.1 Å². The molecule has 1 heterocycles. The lowest BCUT2D eigenvalue weighted by Crippen LogP contribution is -2.49. The largest absolute Gasteiger partial charge is 0.480 e. The molecule has 0 aromatic carbocycles. The Hall–Kier alpha value is -0.590. The smallest absolute Gasteiger partial charge is 0.323 e. The van der Waals surface area contributed by atoms with E-state index in [-0.39, 0.29) is 0 Å². The van der Waals surface area contributed by atoms with Gasteiger partial charge in [0.25, 0.3) is 0 Å². The van der Waals surface area contributed by atoms with Crippen LogP contribution in [0.25, 0.3) is 0 Å². The number of aliphatic carboxylic acids is 1. The first-order valence-electron chi connectivity index (χ1n) is 6.51. The van der Waals surface area contributed by atoms with Crippen LogP contribution in [-0.4, -0.2) is 33.9 Å². The molecule has 0 aliphatic carbocycles. The highest BCUT2D eigenvalue weighted by Crippen LogP contribution is 2.24. The van der Waals surface area contributed by atoms with Crippen molar-refractivity contribution < 1.29 is 9.90 Å². The molecule has 0 aliphatic rings. The van der Waals surface area contributed by atoms with Crippen LogP contribution in [0.2, 0.25) is 0 Å². The minimum absolute atomic E-state index is 0.639. The van der Waals surface area contributed by atoms with E-state index in [1.807, 2.05) is 19.2 Å². The Balaban J connectivity index is 2.34. The van der Waals surface area contributed by atoms with E-state index >= 15 is 0 Å². The van der Waals surface area contributed by atoms with Gasteiger partial charge in [0.05, 0.1) is 0 Å². The lowest BCUT2D eigenvalue weighted by Gasteiger charge is -2.26. The summed E-state index contributed by atoms with van der Waals surface area (Å²) in [6.45, 7) is 6.53.